The predicted molar refractivity (Wildman–Crippen MR) is 33.7 cm³/mol. The van der Waals surface area contributed by atoms with Gasteiger partial charge in [-0.2, -0.15) is 0 Å². The number of nitrogens with one attached hydrogen (secondary N) is 1. The number of fused-ring (bicyclic) bond motifs is 2. The van der Waals surface area contributed by atoms with Crippen LogP contribution in [0.15, 0.2) is 12.2 Å². The number of hydrogen-bond donors (Lipinski definition) is 1. The molecule has 2 bridgehead atoms. The highest BCUT2D eigenvalue weighted by Gasteiger charge is 2.23. The average Bonchev–Trinajstić information content (AvgIpc) is 2.12. The topological polar surface area (TPSA) is 12.0 Å². The zero-order valence-electron chi connectivity index (χ0n) is 4.93. The second-order valence-electron chi connectivity index (χ2n) is 2.71. The Morgan fingerprint density at radius 2 is 2.38 bits per heavy atom. The molecule has 0 amide bonds. The van der Waals surface area contributed by atoms with Gasteiger partial charge in [-0.1, -0.05) is 12.2 Å². The third-order valence-corrected chi connectivity index (χ3v) is 2.06. The third-order valence-electron chi connectivity index (χ3n) is 2.06. The molecule has 1 nitrogen and oxygen atoms in total. The molecule has 1 saturated heterocycles. The Bertz CT molecular complexity index is 118. The monoisotopic (exact) mass is 109 g/mol. The first kappa shape index (κ1) is 4.57. The highest BCUT2D eigenvalue weighted by molar-refractivity contribution is 5.06. The van der Waals surface area contributed by atoms with Crippen LogP contribution < -0.4 is 5.32 Å². The summed E-state index contributed by atoms with van der Waals surface area (Å²) < 4.78 is 0. The van der Waals surface area contributed by atoms with Crippen molar-refractivity contribution in [1.29, 1.82) is 0 Å². The molecule has 0 spiro atoms. The molecule has 0 saturated carbocycles. The zero-order valence-corrected chi connectivity index (χ0v) is 4.93. The fraction of sp³-hybridized carbons (Fsp3) is 0.714. The first-order valence-electron chi connectivity index (χ1n) is 3.38. The summed E-state index contributed by atoms with van der Waals surface area (Å²) >= 11 is 0. The summed E-state index contributed by atoms with van der Waals surface area (Å²) in [5.74, 6) is 0. The molecule has 2 aliphatic rings. The minimum Gasteiger partial charge on any atom is -0.307 e. The van der Waals surface area contributed by atoms with Crippen LogP contribution in [0.5, 0.6) is 0 Å². The number of hydrogen-bond acceptors (Lipinski definition) is 1. The van der Waals surface area contributed by atoms with E-state index in [4.69, 9.17) is 0 Å². The van der Waals surface area contributed by atoms with Gasteiger partial charge in [-0.25, -0.2) is 0 Å². The molecule has 44 valence electrons. The second-order valence-corrected chi connectivity index (χ2v) is 2.71. The van der Waals surface area contributed by atoms with E-state index in [2.05, 4.69) is 17.5 Å². The van der Waals surface area contributed by atoms with Crippen LogP contribution >= 0.6 is 0 Å². The van der Waals surface area contributed by atoms with Crippen molar-refractivity contribution in [3.8, 4) is 0 Å². The molecular weight excluding hydrogens is 98.1 g/mol. The summed E-state index contributed by atoms with van der Waals surface area (Å²) in [4.78, 5) is 0. The molecule has 0 aromatic rings. The molecule has 2 unspecified atom stereocenters. The van der Waals surface area contributed by atoms with E-state index >= 15 is 0 Å². The van der Waals surface area contributed by atoms with E-state index in [0.29, 0.717) is 0 Å². The minimum absolute atomic E-state index is 0.730. The summed E-state index contributed by atoms with van der Waals surface area (Å²) in [6, 6.07) is 1.55. The Kier molecular flexibility index (Phi) is 0.908. The highest BCUT2D eigenvalue weighted by Crippen LogP contribution is 2.20. The molecule has 0 aromatic heterocycles. The van der Waals surface area contributed by atoms with Crippen LogP contribution in [0.3, 0.4) is 0 Å². The molecule has 2 aliphatic heterocycles. The molecule has 2 atom stereocenters. The maximum atomic E-state index is 3.50. The fourth-order valence-corrected chi connectivity index (χ4v) is 1.59. The highest BCUT2D eigenvalue weighted by atomic mass is 15.0. The summed E-state index contributed by atoms with van der Waals surface area (Å²) in [5, 5.41) is 3.50. The summed E-state index contributed by atoms with van der Waals surface area (Å²) in [6.45, 7) is 0. The Hall–Kier alpha value is -0.300. The zero-order chi connectivity index (χ0) is 5.40. The first-order chi connectivity index (χ1) is 3.95. The van der Waals surface area contributed by atoms with Gasteiger partial charge >= 0.3 is 0 Å². The molecule has 8 heavy (non-hydrogen) atoms. The van der Waals surface area contributed by atoms with Crippen LogP contribution in [0.2, 0.25) is 0 Å². The summed E-state index contributed by atoms with van der Waals surface area (Å²) in [5.41, 5.74) is 0. The molecule has 0 aromatic carbocycles. The van der Waals surface area contributed by atoms with Gasteiger partial charge in [0.1, 0.15) is 0 Å². The van der Waals surface area contributed by atoms with Crippen molar-refractivity contribution in [3.63, 3.8) is 0 Å². The largest absolute Gasteiger partial charge is 0.307 e. The van der Waals surface area contributed by atoms with Crippen LogP contribution in [0.4, 0.5) is 0 Å². The fourth-order valence-electron chi connectivity index (χ4n) is 1.59. The minimum atomic E-state index is 0.730. The van der Waals surface area contributed by atoms with E-state index in [-0.39, 0.29) is 0 Å². The van der Waals surface area contributed by atoms with E-state index in [1.807, 2.05) is 0 Å². The van der Waals surface area contributed by atoms with Gasteiger partial charge in [0.25, 0.3) is 0 Å². The van der Waals surface area contributed by atoms with Gasteiger partial charge in [-0.05, 0) is 19.3 Å². The quantitative estimate of drug-likeness (QED) is 0.459. The maximum Gasteiger partial charge on any atom is 0.0253 e. The average molecular weight is 109 g/mol. The molecule has 1 fully saturated rings. The lowest BCUT2D eigenvalue weighted by Crippen LogP contribution is -2.30. The Morgan fingerprint density at radius 3 is 3.12 bits per heavy atom. The van der Waals surface area contributed by atoms with Crippen molar-refractivity contribution in [3.05, 3.63) is 12.2 Å². The van der Waals surface area contributed by atoms with Crippen LogP contribution in [0.1, 0.15) is 19.3 Å². The van der Waals surface area contributed by atoms with Crippen LogP contribution in [-0.2, 0) is 0 Å². The standard InChI is InChI=1S/C7H11N/c1-2-6-4-5-7(3-1)8-6/h1-2,6-8H,3-5H2. The van der Waals surface area contributed by atoms with Crippen LogP contribution in [0.25, 0.3) is 0 Å². The third kappa shape index (κ3) is 0.583. The van der Waals surface area contributed by atoms with Gasteiger partial charge in [-0.15, -0.1) is 0 Å². The lowest BCUT2D eigenvalue weighted by Gasteiger charge is -2.13. The van der Waals surface area contributed by atoms with E-state index in [9.17, 15) is 0 Å². The smallest absolute Gasteiger partial charge is 0.0253 e. The van der Waals surface area contributed by atoms with Gasteiger partial charge in [-0.3, -0.25) is 0 Å². The molecule has 0 aliphatic carbocycles. The van der Waals surface area contributed by atoms with Crippen molar-refractivity contribution >= 4 is 0 Å². The second kappa shape index (κ2) is 1.59. The van der Waals surface area contributed by atoms with Crippen LogP contribution in [0, 0.1) is 0 Å². The van der Waals surface area contributed by atoms with E-state index < -0.39 is 0 Å². The summed E-state index contributed by atoms with van der Waals surface area (Å²) in [6.07, 6.45) is 8.61. The maximum absolute atomic E-state index is 3.50. The van der Waals surface area contributed by atoms with Gasteiger partial charge in [0, 0.05) is 12.1 Å². The van der Waals surface area contributed by atoms with Crippen molar-refractivity contribution in [2.75, 3.05) is 0 Å². The molecule has 2 heterocycles. The number of rotatable bonds is 0. The van der Waals surface area contributed by atoms with Gasteiger partial charge in [0.15, 0.2) is 0 Å². The summed E-state index contributed by atoms with van der Waals surface area (Å²) in [7, 11) is 0. The van der Waals surface area contributed by atoms with Crippen molar-refractivity contribution in [1.82, 2.24) is 5.32 Å². The van der Waals surface area contributed by atoms with E-state index in [1.165, 1.54) is 19.3 Å². The van der Waals surface area contributed by atoms with E-state index in [0.717, 1.165) is 12.1 Å². The molecule has 0 radical (unpaired) electrons. The van der Waals surface area contributed by atoms with Crippen molar-refractivity contribution in [2.24, 2.45) is 0 Å². The molecule has 1 heteroatoms. The lowest BCUT2D eigenvalue weighted by atomic mass is 10.2. The Morgan fingerprint density at radius 1 is 1.38 bits per heavy atom. The molecular formula is C7H11N. The van der Waals surface area contributed by atoms with Gasteiger partial charge in [0.05, 0.1) is 0 Å². The van der Waals surface area contributed by atoms with Gasteiger partial charge in [0.2, 0.25) is 0 Å². The SMILES string of the molecule is C1=CC2CCC(C1)N2. The van der Waals surface area contributed by atoms with Crippen LogP contribution in [-0.4, -0.2) is 12.1 Å². The predicted octanol–water partition coefficient (Wildman–Crippen LogP) is 1.07. The molecule has 2 rings (SSSR count). The lowest BCUT2D eigenvalue weighted by molar-refractivity contribution is 0.566. The van der Waals surface area contributed by atoms with Gasteiger partial charge < -0.3 is 5.32 Å². The van der Waals surface area contributed by atoms with E-state index in [1.54, 1.807) is 0 Å². The normalized spacial score (nSPS) is 43.0. The molecule has 1 N–H and O–H groups in total. The Balaban J connectivity index is 2.17. The first-order valence-corrected chi connectivity index (χ1v) is 3.38. The van der Waals surface area contributed by atoms with Crippen molar-refractivity contribution in [2.45, 2.75) is 31.3 Å². The Labute approximate surface area is 49.8 Å². The van der Waals surface area contributed by atoms with Crippen molar-refractivity contribution < 1.29 is 0 Å².